The molecular formula is C27H26N4O3. The molecular weight excluding hydrogens is 428 g/mol. The Labute approximate surface area is 198 Å². The second-order valence-corrected chi connectivity index (χ2v) is 8.34. The monoisotopic (exact) mass is 454 g/mol. The first-order chi connectivity index (χ1) is 16.5. The minimum absolute atomic E-state index is 0.122. The van der Waals surface area contributed by atoms with Gasteiger partial charge in [0.15, 0.2) is 6.10 Å². The van der Waals surface area contributed by atoms with Crippen LogP contribution in [0.2, 0.25) is 0 Å². The summed E-state index contributed by atoms with van der Waals surface area (Å²) in [7, 11) is 1.98. The summed E-state index contributed by atoms with van der Waals surface area (Å²) < 4.78 is 8.02. The molecule has 0 bridgehead atoms. The highest BCUT2D eigenvalue weighted by molar-refractivity contribution is 6.09. The average molecular weight is 455 g/mol. The molecule has 3 aromatic carbocycles. The third-order valence-electron chi connectivity index (χ3n) is 6.16. The van der Waals surface area contributed by atoms with Gasteiger partial charge in [-0.15, -0.1) is 0 Å². The number of para-hydroxylation sites is 2. The number of carbonyl (C=O) groups is 2. The van der Waals surface area contributed by atoms with Crippen molar-refractivity contribution < 1.29 is 14.3 Å². The number of anilines is 1. The molecule has 1 atom stereocenters. The minimum atomic E-state index is -0.812. The Kier molecular flexibility index (Phi) is 5.76. The number of nitrogens with one attached hydrogen (secondary N) is 1. The van der Waals surface area contributed by atoms with Crippen LogP contribution in [-0.2, 0) is 24.8 Å². The number of hydrogen-bond acceptors (Lipinski definition) is 4. The van der Waals surface area contributed by atoms with E-state index in [2.05, 4.69) is 17.2 Å². The van der Waals surface area contributed by atoms with Crippen LogP contribution in [0, 0.1) is 0 Å². The van der Waals surface area contributed by atoms with Crippen molar-refractivity contribution in [2.75, 3.05) is 11.4 Å². The number of amides is 2. The van der Waals surface area contributed by atoms with Crippen LogP contribution in [0.15, 0.2) is 72.8 Å². The third-order valence-corrected chi connectivity index (χ3v) is 6.16. The Morgan fingerprint density at radius 3 is 2.62 bits per heavy atom. The van der Waals surface area contributed by atoms with Gasteiger partial charge < -0.3 is 19.5 Å². The first-order valence-corrected chi connectivity index (χ1v) is 11.4. The second kappa shape index (κ2) is 9.02. The predicted octanol–water partition coefficient (Wildman–Crippen LogP) is 3.86. The van der Waals surface area contributed by atoms with Gasteiger partial charge in [0.2, 0.25) is 0 Å². The average Bonchev–Trinajstić information content (AvgIpc) is 3.21. The molecule has 1 aliphatic heterocycles. The van der Waals surface area contributed by atoms with Crippen molar-refractivity contribution in [3.05, 3.63) is 89.7 Å². The standard InChI is InChI=1S/C27H26N4O3/c1-3-25-29-20-15-19(13-14-21(20)30(25)2)27(33)31-17-24(34-23-12-8-7-11-22(23)31)26(32)28-16-18-9-5-4-6-10-18/h4-15,24H,3,16-17H2,1-2H3,(H,28,32). The molecule has 7 heteroatoms. The number of hydrogen-bond donors (Lipinski definition) is 1. The van der Waals surface area contributed by atoms with E-state index in [0.717, 1.165) is 28.8 Å². The fraction of sp³-hybridized carbons (Fsp3) is 0.222. The van der Waals surface area contributed by atoms with Crippen LogP contribution in [0.4, 0.5) is 5.69 Å². The molecule has 1 aromatic heterocycles. The number of imidazole rings is 1. The van der Waals surface area contributed by atoms with Gasteiger partial charge in [0.05, 0.1) is 23.3 Å². The normalized spacial score (nSPS) is 15.0. The van der Waals surface area contributed by atoms with E-state index < -0.39 is 6.10 Å². The number of fused-ring (bicyclic) bond motifs is 2. The summed E-state index contributed by atoms with van der Waals surface area (Å²) >= 11 is 0. The van der Waals surface area contributed by atoms with E-state index >= 15 is 0 Å². The quantitative estimate of drug-likeness (QED) is 0.497. The van der Waals surface area contributed by atoms with Gasteiger partial charge in [0.25, 0.3) is 11.8 Å². The highest BCUT2D eigenvalue weighted by Gasteiger charge is 2.34. The maximum absolute atomic E-state index is 13.6. The van der Waals surface area contributed by atoms with Gasteiger partial charge in [-0.3, -0.25) is 9.59 Å². The molecule has 0 fully saturated rings. The molecule has 5 rings (SSSR count). The molecule has 172 valence electrons. The number of nitrogens with zero attached hydrogens (tertiary/aromatic N) is 3. The van der Waals surface area contributed by atoms with Crippen LogP contribution >= 0.6 is 0 Å². The first-order valence-electron chi connectivity index (χ1n) is 11.4. The van der Waals surface area contributed by atoms with Crippen LogP contribution in [0.25, 0.3) is 11.0 Å². The zero-order valence-electron chi connectivity index (χ0n) is 19.2. The number of benzene rings is 3. The van der Waals surface area contributed by atoms with Gasteiger partial charge in [-0.2, -0.15) is 0 Å². The van der Waals surface area contributed by atoms with E-state index in [1.807, 2.05) is 78.3 Å². The van der Waals surface area contributed by atoms with E-state index in [4.69, 9.17) is 4.74 Å². The molecule has 2 amide bonds. The number of ether oxygens (including phenoxy) is 1. The largest absolute Gasteiger partial charge is 0.477 e. The Morgan fingerprint density at radius 1 is 1.06 bits per heavy atom. The number of carbonyl (C=O) groups excluding carboxylic acids is 2. The lowest BCUT2D eigenvalue weighted by atomic mass is 10.1. The molecule has 0 radical (unpaired) electrons. The third kappa shape index (κ3) is 4.01. The van der Waals surface area contributed by atoms with Gasteiger partial charge in [-0.25, -0.2) is 4.98 Å². The predicted molar refractivity (Wildman–Crippen MR) is 131 cm³/mol. The summed E-state index contributed by atoms with van der Waals surface area (Å²) in [5.74, 6) is 1.02. The molecule has 0 spiro atoms. The molecule has 34 heavy (non-hydrogen) atoms. The van der Waals surface area contributed by atoms with Crippen molar-refractivity contribution in [1.29, 1.82) is 0 Å². The van der Waals surface area contributed by atoms with E-state index in [-0.39, 0.29) is 18.4 Å². The molecule has 7 nitrogen and oxygen atoms in total. The summed E-state index contributed by atoms with van der Waals surface area (Å²) in [6.07, 6.45) is -0.00160. The molecule has 0 saturated heterocycles. The van der Waals surface area contributed by atoms with Crippen molar-refractivity contribution in [2.45, 2.75) is 26.0 Å². The number of rotatable bonds is 5. The molecule has 4 aromatic rings. The van der Waals surface area contributed by atoms with E-state index in [9.17, 15) is 9.59 Å². The lowest BCUT2D eigenvalue weighted by Crippen LogP contribution is -2.50. The lowest BCUT2D eigenvalue weighted by Gasteiger charge is -2.34. The Bertz CT molecular complexity index is 1360. The van der Waals surface area contributed by atoms with E-state index in [1.165, 1.54) is 0 Å². The summed E-state index contributed by atoms with van der Waals surface area (Å²) in [5, 5.41) is 2.92. The molecule has 2 heterocycles. The number of aromatic nitrogens is 2. The SMILES string of the molecule is CCc1nc2cc(C(=O)N3CC(C(=O)NCc4ccccc4)Oc4ccccc43)ccc2n1C. The fourth-order valence-electron chi connectivity index (χ4n) is 4.32. The zero-order valence-corrected chi connectivity index (χ0v) is 19.2. The zero-order chi connectivity index (χ0) is 23.7. The summed E-state index contributed by atoms with van der Waals surface area (Å²) in [4.78, 5) is 32.9. The van der Waals surface area contributed by atoms with Crippen LogP contribution in [-0.4, -0.2) is 34.0 Å². The Hall–Kier alpha value is -4.13. The van der Waals surface area contributed by atoms with Gasteiger partial charge in [-0.05, 0) is 35.9 Å². The van der Waals surface area contributed by atoms with Crippen LogP contribution < -0.4 is 15.0 Å². The van der Waals surface area contributed by atoms with Crippen molar-refractivity contribution >= 4 is 28.5 Å². The molecule has 1 aliphatic rings. The fourth-order valence-corrected chi connectivity index (χ4v) is 4.32. The minimum Gasteiger partial charge on any atom is -0.477 e. The summed E-state index contributed by atoms with van der Waals surface area (Å²) in [6.45, 7) is 2.57. The highest BCUT2D eigenvalue weighted by atomic mass is 16.5. The number of aryl methyl sites for hydroxylation is 2. The lowest BCUT2D eigenvalue weighted by molar-refractivity contribution is -0.127. The topological polar surface area (TPSA) is 76.5 Å². The van der Waals surface area contributed by atoms with Gasteiger partial charge in [0, 0.05) is 25.6 Å². The van der Waals surface area contributed by atoms with Gasteiger partial charge in [0.1, 0.15) is 11.6 Å². The Balaban J connectivity index is 1.41. The first kappa shape index (κ1) is 21.7. The maximum atomic E-state index is 13.6. The van der Waals surface area contributed by atoms with Gasteiger partial charge in [-0.1, -0.05) is 49.4 Å². The van der Waals surface area contributed by atoms with E-state index in [1.54, 1.807) is 11.0 Å². The molecule has 0 aliphatic carbocycles. The second-order valence-electron chi connectivity index (χ2n) is 8.34. The molecule has 1 N–H and O–H groups in total. The van der Waals surface area contributed by atoms with E-state index in [0.29, 0.717) is 23.5 Å². The van der Waals surface area contributed by atoms with Crippen molar-refractivity contribution in [1.82, 2.24) is 14.9 Å². The van der Waals surface area contributed by atoms with Crippen LogP contribution in [0.3, 0.4) is 0 Å². The summed E-state index contributed by atoms with van der Waals surface area (Å²) in [5.41, 5.74) is 3.93. The molecule has 0 saturated carbocycles. The van der Waals surface area contributed by atoms with Crippen LogP contribution in [0.1, 0.15) is 28.7 Å². The maximum Gasteiger partial charge on any atom is 0.263 e. The summed E-state index contributed by atoms with van der Waals surface area (Å²) in [6, 6.07) is 22.5. The molecule has 1 unspecified atom stereocenters. The van der Waals surface area contributed by atoms with Crippen molar-refractivity contribution in [3.63, 3.8) is 0 Å². The van der Waals surface area contributed by atoms with Crippen LogP contribution in [0.5, 0.6) is 5.75 Å². The highest BCUT2D eigenvalue weighted by Crippen LogP contribution is 2.34. The smallest absolute Gasteiger partial charge is 0.263 e. The Morgan fingerprint density at radius 2 is 1.82 bits per heavy atom. The van der Waals surface area contributed by atoms with Gasteiger partial charge >= 0.3 is 0 Å². The van der Waals surface area contributed by atoms with Crippen molar-refractivity contribution in [2.24, 2.45) is 7.05 Å². The van der Waals surface area contributed by atoms with Crippen molar-refractivity contribution in [3.8, 4) is 5.75 Å².